The first-order valence-electron chi connectivity index (χ1n) is 12.0. The molecule has 1 fully saturated rings. The van der Waals surface area contributed by atoms with Gasteiger partial charge in [0.25, 0.3) is 0 Å². The van der Waals surface area contributed by atoms with Crippen molar-refractivity contribution in [2.75, 3.05) is 24.7 Å². The molecule has 0 saturated carbocycles. The van der Waals surface area contributed by atoms with Gasteiger partial charge in [0.2, 0.25) is 5.88 Å². The summed E-state index contributed by atoms with van der Waals surface area (Å²) in [5.41, 5.74) is 2.57. The summed E-state index contributed by atoms with van der Waals surface area (Å²) in [7, 11) is 0. The lowest BCUT2D eigenvalue weighted by Gasteiger charge is -2.29. The first-order valence-corrected chi connectivity index (χ1v) is 12.8. The molecule has 1 saturated heterocycles. The third-order valence-corrected chi connectivity index (χ3v) is 7.15. The van der Waals surface area contributed by atoms with Gasteiger partial charge < -0.3 is 19.1 Å². The van der Waals surface area contributed by atoms with Gasteiger partial charge in [-0.3, -0.25) is 4.98 Å². The largest absolute Gasteiger partial charge is 0.486 e. The zero-order valence-corrected chi connectivity index (χ0v) is 21.2. The van der Waals surface area contributed by atoms with Gasteiger partial charge in [0.05, 0.1) is 22.1 Å². The molecule has 0 amide bonds. The molecule has 6 rings (SSSR count). The van der Waals surface area contributed by atoms with Gasteiger partial charge in [0.1, 0.15) is 24.1 Å². The molecule has 0 N–H and O–H groups in total. The summed E-state index contributed by atoms with van der Waals surface area (Å²) < 4.78 is 20.2. The molecule has 0 bridgehead atoms. The Morgan fingerprint density at radius 3 is 2.78 bits per heavy atom. The van der Waals surface area contributed by atoms with Crippen molar-refractivity contribution in [1.82, 2.24) is 19.7 Å². The van der Waals surface area contributed by atoms with E-state index in [1.807, 2.05) is 41.9 Å². The average molecular weight is 526 g/mol. The molecule has 3 aromatic heterocycles. The number of hydrogen-bond donors (Lipinski definition) is 0. The van der Waals surface area contributed by atoms with Gasteiger partial charge in [-0.25, -0.2) is 9.67 Å². The number of rotatable bonds is 5. The smallest absolute Gasteiger partial charge is 0.238 e. The van der Waals surface area contributed by atoms with E-state index in [2.05, 4.69) is 14.9 Å². The minimum absolute atomic E-state index is 0.107. The molecular formula is C26H25Cl2N5O3. The maximum absolute atomic E-state index is 6.37. The van der Waals surface area contributed by atoms with E-state index in [9.17, 15) is 0 Å². The molecule has 1 aromatic carbocycles. The van der Waals surface area contributed by atoms with Crippen LogP contribution in [-0.2, 0) is 4.74 Å². The summed E-state index contributed by atoms with van der Waals surface area (Å²) >= 11 is 12.7. The van der Waals surface area contributed by atoms with Gasteiger partial charge in [0, 0.05) is 36.1 Å². The lowest BCUT2D eigenvalue weighted by Crippen LogP contribution is -2.29. The van der Waals surface area contributed by atoms with Crippen LogP contribution in [0, 0.1) is 0 Å². The predicted molar refractivity (Wildman–Crippen MR) is 139 cm³/mol. The Hall–Kier alpha value is -3.07. The Morgan fingerprint density at radius 1 is 1.11 bits per heavy atom. The Labute approximate surface area is 218 Å². The molecule has 4 aromatic rings. The molecule has 0 radical (unpaired) electrons. The zero-order valence-electron chi connectivity index (χ0n) is 19.7. The molecule has 186 valence electrons. The van der Waals surface area contributed by atoms with Crippen LogP contribution in [0.2, 0.25) is 10.0 Å². The second-order valence-electron chi connectivity index (χ2n) is 8.87. The molecule has 5 heterocycles. The number of pyridine rings is 2. The Kier molecular flexibility index (Phi) is 6.33. The van der Waals surface area contributed by atoms with E-state index in [1.54, 1.807) is 18.6 Å². The first-order chi connectivity index (χ1) is 17.6. The summed E-state index contributed by atoms with van der Waals surface area (Å²) in [6.07, 6.45) is 7.50. The number of hydrogen-bond acceptors (Lipinski definition) is 7. The van der Waals surface area contributed by atoms with Crippen molar-refractivity contribution in [1.29, 1.82) is 0 Å². The van der Waals surface area contributed by atoms with Crippen LogP contribution < -0.4 is 14.4 Å². The standard InChI is InChI=1S/C26H25Cl2N5O3/c1-16(24-19(27)14-29-15-20(24)28)36-17-7-8-21-18(13-17)25(31-33(21)23-6-2-3-11-34-23)32-10-12-35-26-22(32)5-4-9-30-26/h4-5,7-9,13-16,23H,2-3,6,10-12H2,1H3/t16-,23?/m1/s1. The summed E-state index contributed by atoms with van der Waals surface area (Å²) in [5.74, 6) is 2.10. The zero-order chi connectivity index (χ0) is 24.6. The van der Waals surface area contributed by atoms with Crippen LogP contribution in [-0.4, -0.2) is 39.5 Å². The van der Waals surface area contributed by atoms with Gasteiger partial charge in [-0.2, -0.15) is 5.10 Å². The van der Waals surface area contributed by atoms with Crippen molar-refractivity contribution < 1.29 is 14.2 Å². The van der Waals surface area contributed by atoms with E-state index in [4.69, 9.17) is 42.5 Å². The van der Waals surface area contributed by atoms with Gasteiger partial charge in [-0.05, 0) is 56.5 Å². The van der Waals surface area contributed by atoms with E-state index >= 15 is 0 Å². The molecule has 8 nitrogen and oxygen atoms in total. The molecule has 2 atom stereocenters. The van der Waals surface area contributed by atoms with E-state index in [0.29, 0.717) is 40.4 Å². The minimum Gasteiger partial charge on any atom is -0.486 e. The van der Waals surface area contributed by atoms with E-state index in [1.165, 1.54) is 0 Å². The van der Waals surface area contributed by atoms with Crippen LogP contribution >= 0.6 is 23.2 Å². The summed E-state index contributed by atoms with van der Waals surface area (Å²) in [6.45, 7) is 3.82. The van der Waals surface area contributed by atoms with Crippen LogP contribution in [0.5, 0.6) is 11.6 Å². The monoisotopic (exact) mass is 525 g/mol. The van der Waals surface area contributed by atoms with E-state index in [-0.39, 0.29) is 12.3 Å². The number of nitrogens with zero attached hydrogens (tertiary/aromatic N) is 5. The van der Waals surface area contributed by atoms with Crippen molar-refractivity contribution in [3.8, 4) is 11.6 Å². The third kappa shape index (κ3) is 4.23. The summed E-state index contributed by atoms with van der Waals surface area (Å²) in [4.78, 5) is 10.6. The maximum Gasteiger partial charge on any atom is 0.238 e. The summed E-state index contributed by atoms with van der Waals surface area (Å²) in [5, 5.41) is 6.96. The highest BCUT2D eigenvalue weighted by molar-refractivity contribution is 6.35. The second-order valence-corrected chi connectivity index (χ2v) is 9.69. The van der Waals surface area contributed by atoms with Crippen LogP contribution in [0.25, 0.3) is 10.9 Å². The highest BCUT2D eigenvalue weighted by Crippen LogP contribution is 2.41. The molecule has 0 aliphatic carbocycles. The average Bonchev–Trinajstić information content (AvgIpc) is 3.27. The molecule has 10 heteroatoms. The van der Waals surface area contributed by atoms with Gasteiger partial charge >= 0.3 is 0 Å². The SMILES string of the molecule is C[C@@H](Oc1ccc2c(c1)c(N1CCOc3ncccc31)nn2C1CCCCO1)c1c(Cl)cncc1Cl. The van der Waals surface area contributed by atoms with E-state index in [0.717, 1.165) is 48.3 Å². The molecule has 1 unspecified atom stereocenters. The van der Waals surface area contributed by atoms with Crippen molar-refractivity contribution in [3.63, 3.8) is 0 Å². The fraction of sp³-hybridized carbons (Fsp3) is 0.346. The second kappa shape index (κ2) is 9.76. The van der Waals surface area contributed by atoms with Crippen molar-refractivity contribution in [3.05, 3.63) is 64.5 Å². The third-order valence-electron chi connectivity index (χ3n) is 6.55. The predicted octanol–water partition coefficient (Wildman–Crippen LogP) is 6.50. The lowest BCUT2D eigenvalue weighted by atomic mass is 10.1. The number of aromatic nitrogens is 4. The fourth-order valence-electron chi connectivity index (χ4n) is 4.86. The van der Waals surface area contributed by atoms with Crippen LogP contribution in [0.1, 0.15) is 44.1 Å². The number of anilines is 2. The Bertz CT molecular complexity index is 1390. The van der Waals surface area contributed by atoms with Crippen molar-refractivity contribution >= 4 is 45.6 Å². The van der Waals surface area contributed by atoms with Gasteiger partial charge in [-0.15, -0.1) is 0 Å². The number of benzene rings is 1. The molecule has 0 spiro atoms. The molecular weight excluding hydrogens is 501 g/mol. The highest BCUT2D eigenvalue weighted by Gasteiger charge is 2.28. The number of ether oxygens (including phenoxy) is 3. The van der Waals surface area contributed by atoms with Crippen molar-refractivity contribution in [2.24, 2.45) is 0 Å². The Balaban J connectivity index is 1.43. The van der Waals surface area contributed by atoms with Crippen LogP contribution in [0.15, 0.2) is 48.9 Å². The molecule has 2 aliphatic rings. The summed E-state index contributed by atoms with van der Waals surface area (Å²) in [6, 6.07) is 9.90. The Morgan fingerprint density at radius 2 is 1.97 bits per heavy atom. The molecule has 2 aliphatic heterocycles. The van der Waals surface area contributed by atoms with Gasteiger partial charge in [0.15, 0.2) is 12.0 Å². The van der Waals surface area contributed by atoms with Crippen LogP contribution in [0.4, 0.5) is 11.5 Å². The maximum atomic E-state index is 6.37. The lowest BCUT2D eigenvalue weighted by molar-refractivity contribution is -0.0365. The van der Waals surface area contributed by atoms with Gasteiger partial charge in [-0.1, -0.05) is 23.2 Å². The topological polar surface area (TPSA) is 74.5 Å². The number of halogens is 2. The highest BCUT2D eigenvalue weighted by atomic mass is 35.5. The molecule has 36 heavy (non-hydrogen) atoms. The normalized spacial score (nSPS) is 18.5. The first kappa shape index (κ1) is 23.3. The minimum atomic E-state index is -0.376. The quantitative estimate of drug-likeness (QED) is 0.294. The van der Waals surface area contributed by atoms with Crippen molar-refractivity contribution in [2.45, 2.75) is 38.5 Å². The van der Waals surface area contributed by atoms with Crippen LogP contribution in [0.3, 0.4) is 0 Å². The van der Waals surface area contributed by atoms with E-state index < -0.39 is 0 Å². The fourth-order valence-corrected chi connectivity index (χ4v) is 5.53. The number of fused-ring (bicyclic) bond motifs is 2.